The van der Waals surface area contributed by atoms with Gasteiger partial charge in [0.1, 0.15) is 0 Å². The van der Waals surface area contributed by atoms with E-state index in [0.717, 1.165) is 25.3 Å². The SMILES string of the molecule is O=C1CNC(=O)N1CCCCN1CCC(Cc2ccccc2)CC1. The van der Waals surface area contributed by atoms with E-state index in [0.29, 0.717) is 6.54 Å². The number of carbonyl (C=O) groups excluding carboxylic acids is 2. The van der Waals surface area contributed by atoms with E-state index in [1.54, 1.807) is 0 Å². The number of urea groups is 1. The number of imide groups is 1. The minimum atomic E-state index is -0.235. The number of unbranched alkanes of at least 4 members (excludes halogenated alkanes) is 1. The van der Waals surface area contributed by atoms with Crippen molar-refractivity contribution < 1.29 is 9.59 Å². The average Bonchev–Trinajstić information content (AvgIpc) is 2.93. The Balaban J connectivity index is 1.30. The van der Waals surface area contributed by atoms with E-state index in [-0.39, 0.29) is 18.5 Å². The lowest BCUT2D eigenvalue weighted by Crippen LogP contribution is -2.36. The number of benzene rings is 1. The van der Waals surface area contributed by atoms with Crippen LogP contribution in [0.5, 0.6) is 0 Å². The molecule has 5 heteroatoms. The predicted molar refractivity (Wildman–Crippen MR) is 93.7 cm³/mol. The molecule has 5 nitrogen and oxygen atoms in total. The van der Waals surface area contributed by atoms with Crippen LogP contribution in [0.2, 0.25) is 0 Å². The van der Waals surface area contributed by atoms with Gasteiger partial charge in [0.2, 0.25) is 5.91 Å². The number of nitrogens with one attached hydrogen (secondary N) is 1. The highest BCUT2D eigenvalue weighted by Crippen LogP contribution is 2.21. The molecule has 0 saturated carbocycles. The summed E-state index contributed by atoms with van der Waals surface area (Å²) in [7, 11) is 0. The van der Waals surface area contributed by atoms with Crippen LogP contribution in [0.1, 0.15) is 31.2 Å². The van der Waals surface area contributed by atoms with Crippen LogP contribution in [0.4, 0.5) is 4.79 Å². The topological polar surface area (TPSA) is 52.7 Å². The molecule has 130 valence electrons. The van der Waals surface area contributed by atoms with Crippen LogP contribution in [-0.2, 0) is 11.2 Å². The van der Waals surface area contributed by atoms with E-state index >= 15 is 0 Å². The molecule has 2 aliphatic heterocycles. The summed E-state index contributed by atoms with van der Waals surface area (Å²) in [5.74, 6) is 0.705. The summed E-state index contributed by atoms with van der Waals surface area (Å²) in [4.78, 5) is 26.8. The highest BCUT2D eigenvalue weighted by Gasteiger charge is 2.27. The number of piperidine rings is 1. The van der Waals surface area contributed by atoms with Crippen LogP contribution < -0.4 is 5.32 Å². The molecule has 2 aliphatic rings. The van der Waals surface area contributed by atoms with Crippen molar-refractivity contribution in [1.29, 1.82) is 0 Å². The standard InChI is InChI=1S/C19H27N3O2/c23-18-15-20-19(24)22(18)11-5-4-10-21-12-8-17(9-13-21)14-16-6-2-1-3-7-16/h1-3,6-7,17H,4-5,8-15H2,(H,20,24). The Bertz CT molecular complexity index is 537. The Morgan fingerprint density at radius 2 is 1.71 bits per heavy atom. The van der Waals surface area contributed by atoms with Gasteiger partial charge in [0, 0.05) is 6.54 Å². The van der Waals surface area contributed by atoms with Gasteiger partial charge in [-0.15, -0.1) is 0 Å². The number of carbonyl (C=O) groups is 2. The van der Waals surface area contributed by atoms with Crippen LogP contribution in [-0.4, -0.2) is 54.5 Å². The van der Waals surface area contributed by atoms with Crippen LogP contribution in [0.25, 0.3) is 0 Å². The first-order valence-electron chi connectivity index (χ1n) is 9.07. The molecule has 1 aromatic rings. The van der Waals surface area contributed by atoms with E-state index in [1.165, 1.54) is 42.8 Å². The smallest absolute Gasteiger partial charge is 0.324 e. The maximum Gasteiger partial charge on any atom is 0.324 e. The number of rotatable bonds is 7. The van der Waals surface area contributed by atoms with Gasteiger partial charge in [0.25, 0.3) is 0 Å². The number of amides is 3. The lowest BCUT2D eigenvalue weighted by molar-refractivity contribution is -0.125. The molecule has 0 atom stereocenters. The molecule has 2 heterocycles. The molecule has 1 N–H and O–H groups in total. The first-order chi connectivity index (χ1) is 11.7. The first-order valence-corrected chi connectivity index (χ1v) is 9.07. The van der Waals surface area contributed by atoms with Crippen LogP contribution in [0, 0.1) is 5.92 Å². The van der Waals surface area contributed by atoms with Gasteiger partial charge in [-0.2, -0.15) is 0 Å². The average molecular weight is 329 g/mol. The Kier molecular flexibility index (Phi) is 5.86. The quantitative estimate of drug-likeness (QED) is 0.617. The molecule has 24 heavy (non-hydrogen) atoms. The second-order valence-corrected chi connectivity index (χ2v) is 6.89. The van der Waals surface area contributed by atoms with Gasteiger partial charge in [0.05, 0.1) is 6.54 Å². The Hall–Kier alpha value is -1.88. The third-order valence-corrected chi connectivity index (χ3v) is 5.12. The number of nitrogens with zero attached hydrogens (tertiary/aromatic N) is 2. The zero-order chi connectivity index (χ0) is 16.8. The van der Waals surface area contributed by atoms with Crippen molar-refractivity contribution in [2.45, 2.75) is 32.1 Å². The minimum absolute atomic E-state index is 0.0956. The number of hydrogen-bond acceptors (Lipinski definition) is 3. The van der Waals surface area contributed by atoms with Gasteiger partial charge in [-0.25, -0.2) is 4.79 Å². The summed E-state index contributed by atoms with van der Waals surface area (Å²) in [6.45, 7) is 4.12. The predicted octanol–water partition coefficient (Wildman–Crippen LogP) is 2.27. The van der Waals surface area contributed by atoms with Crippen molar-refractivity contribution in [1.82, 2.24) is 15.1 Å². The summed E-state index contributed by atoms with van der Waals surface area (Å²) in [5, 5.41) is 2.56. The lowest BCUT2D eigenvalue weighted by atomic mass is 9.90. The van der Waals surface area contributed by atoms with Gasteiger partial charge in [-0.3, -0.25) is 9.69 Å². The van der Waals surface area contributed by atoms with Crippen LogP contribution in [0.3, 0.4) is 0 Å². The summed E-state index contributed by atoms with van der Waals surface area (Å²) in [6.07, 6.45) is 5.66. The molecule has 0 aromatic heterocycles. The summed E-state index contributed by atoms with van der Waals surface area (Å²) >= 11 is 0. The van der Waals surface area contributed by atoms with Crippen molar-refractivity contribution in [3.63, 3.8) is 0 Å². The highest BCUT2D eigenvalue weighted by molar-refractivity contribution is 6.01. The van der Waals surface area contributed by atoms with E-state index in [4.69, 9.17) is 0 Å². The van der Waals surface area contributed by atoms with Crippen LogP contribution >= 0.6 is 0 Å². The molecule has 0 aliphatic carbocycles. The summed E-state index contributed by atoms with van der Waals surface area (Å²) in [5.41, 5.74) is 1.45. The Labute approximate surface area is 144 Å². The largest absolute Gasteiger partial charge is 0.329 e. The third kappa shape index (κ3) is 4.57. The molecular weight excluding hydrogens is 302 g/mol. The van der Waals surface area contributed by atoms with Crippen molar-refractivity contribution in [3.05, 3.63) is 35.9 Å². The number of likely N-dealkylation sites (tertiary alicyclic amines) is 1. The van der Waals surface area contributed by atoms with Crippen molar-refractivity contribution in [2.75, 3.05) is 32.7 Å². The van der Waals surface area contributed by atoms with Crippen molar-refractivity contribution in [3.8, 4) is 0 Å². The monoisotopic (exact) mass is 329 g/mol. The summed E-state index contributed by atoms with van der Waals surface area (Å²) in [6, 6.07) is 10.5. The van der Waals surface area contributed by atoms with E-state index in [2.05, 4.69) is 40.5 Å². The maximum atomic E-state index is 11.5. The van der Waals surface area contributed by atoms with Gasteiger partial charge < -0.3 is 10.2 Å². The molecule has 0 unspecified atom stereocenters. The van der Waals surface area contributed by atoms with Gasteiger partial charge >= 0.3 is 6.03 Å². The van der Waals surface area contributed by atoms with Gasteiger partial charge in [0.15, 0.2) is 0 Å². The zero-order valence-electron chi connectivity index (χ0n) is 14.2. The minimum Gasteiger partial charge on any atom is -0.329 e. The van der Waals surface area contributed by atoms with E-state index < -0.39 is 0 Å². The van der Waals surface area contributed by atoms with Crippen molar-refractivity contribution >= 4 is 11.9 Å². The molecule has 3 rings (SSSR count). The fourth-order valence-corrected chi connectivity index (χ4v) is 3.65. The molecular formula is C19H27N3O2. The molecule has 3 amide bonds. The molecule has 0 bridgehead atoms. The highest BCUT2D eigenvalue weighted by atomic mass is 16.2. The maximum absolute atomic E-state index is 11.5. The first kappa shape index (κ1) is 17.0. The van der Waals surface area contributed by atoms with E-state index in [9.17, 15) is 9.59 Å². The zero-order valence-corrected chi connectivity index (χ0v) is 14.2. The Morgan fingerprint density at radius 1 is 1.00 bits per heavy atom. The van der Waals surface area contributed by atoms with Gasteiger partial charge in [-0.05, 0) is 63.2 Å². The normalized spacial score (nSPS) is 19.8. The molecule has 1 aromatic carbocycles. The molecule has 0 radical (unpaired) electrons. The van der Waals surface area contributed by atoms with Crippen LogP contribution in [0.15, 0.2) is 30.3 Å². The second-order valence-electron chi connectivity index (χ2n) is 6.89. The van der Waals surface area contributed by atoms with Gasteiger partial charge in [-0.1, -0.05) is 30.3 Å². The second kappa shape index (κ2) is 8.29. The fraction of sp³-hybridized carbons (Fsp3) is 0.579. The van der Waals surface area contributed by atoms with E-state index in [1.807, 2.05) is 0 Å². The molecule has 2 saturated heterocycles. The Morgan fingerprint density at radius 3 is 2.38 bits per heavy atom. The molecule has 0 spiro atoms. The summed E-state index contributed by atoms with van der Waals surface area (Å²) < 4.78 is 0. The lowest BCUT2D eigenvalue weighted by Gasteiger charge is -2.32. The number of hydrogen-bond donors (Lipinski definition) is 1. The fourth-order valence-electron chi connectivity index (χ4n) is 3.65. The molecule has 2 fully saturated rings. The van der Waals surface area contributed by atoms with Crippen molar-refractivity contribution in [2.24, 2.45) is 5.92 Å². The third-order valence-electron chi connectivity index (χ3n) is 5.12.